The number of hydrogen-bond donors (Lipinski definition) is 1. The summed E-state index contributed by atoms with van der Waals surface area (Å²) in [7, 11) is 0. The lowest BCUT2D eigenvalue weighted by Crippen LogP contribution is -2.05. The Labute approximate surface area is 69.9 Å². The van der Waals surface area contributed by atoms with Gasteiger partial charge in [0.25, 0.3) is 0 Å². The van der Waals surface area contributed by atoms with Gasteiger partial charge in [-0.25, -0.2) is 4.79 Å². The van der Waals surface area contributed by atoms with Gasteiger partial charge in [-0.15, -0.1) is 23.2 Å². The first-order chi connectivity index (χ1) is 4.68. The normalized spacial score (nSPS) is 7.90. The molecule has 0 heterocycles. The summed E-state index contributed by atoms with van der Waals surface area (Å²) in [6.07, 6.45) is 0. The highest BCUT2D eigenvalue weighted by Crippen LogP contribution is 1.73. The van der Waals surface area contributed by atoms with E-state index in [0.29, 0.717) is 6.61 Å². The second kappa shape index (κ2) is 11.8. The van der Waals surface area contributed by atoms with Crippen LogP contribution >= 0.6 is 23.2 Å². The fraction of sp³-hybridized carbons (Fsp3) is 0.800. The van der Waals surface area contributed by atoms with Crippen molar-refractivity contribution in [3.8, 4) is 0 Å². The summed E-state index contributed by atoms with van der Waals surface area (Å²) < 4.78 is 4.50. The van der Waals surface area contributed by atoms with Gasteiger partial charge in [0.2, 0.25) is 0 Å². The first-order valence-corrected chi connectivity index (χ1v) is 3.67. The molecule has 0 aromatic carbocycles. The average molecular weight is 189 g/mol. The van der Waals surface area contributed by atoms with Crippen LogP contribution in [0, 0.1) is 0 Å². The Kier molecular flexibility index (Phi) is 14.9. The fourth-order valence-corrected chi connectivity index (χ4v) is 0.189. The second-order valence-electron chi connectivity index (χ2n) is 1.13. The molecule has 0 rings (SSSR count). The Balaban J connectivity index is 0. The Hall–Kier alpha value is 0.01000. The van der Waals surface area contributed by atoms with E-state index in [-0.39, 0.29) is 11.9 Å². The minimum absolute atomic E-state index is 0.184. The average Bonchev–Trinajstić information content (AvgIpc) is 1.85. The van der Waals surface area contributed by atoms with Crippen molar-refractivity contribution in [2.75, 3.05) is 18.6 Å². The molecule has 0 amide bonds. The molecule has 1 N–H and O–H groups in total. The highest BCUT2D eigenvalue weighted by Gasteiger charge is 1.90. The first kappa shape index (κ1) is 12.7. The Morgan fingerprint density at radius 1 is 1.60 bits per heavy atom. The first-order valence-electron chi connectivity index (χ1n) is 2.60. The minimum atomic E-state index is -0.915. The third-order valence-corrected chi connectivity index (χ3v) is 0.430. The van der Waals surface area contributed by atoms with Crippen molar-refractivity contribution in [1.82, 2.24) is 0 Å². The lowest BCUT2D eigenvalue weighted by atomic mass is 10.7. The molecule has 0 unspecified atom stereocenters. The Morgan fingerprint density at radius 2 is 2.00 bits per heavy atom. The maximum atomic E-state index is 9.63. The zero-order valence-electron chi connectivity index (χ0n) is 5.64. The smallest absolute Gasteiger partial charge is 0.329 e. The van der Waals surface area contributed by atoms with E-state index in [4.69, 9.17) is 28.3 Å². The maximum absolute atomic E-state index is 9.63. The molecule has 62 valence electrons. The molecule has 0 radical (unpaired) electrons. The zero-order valence-corrected chi connectivity index (χ0v) is 7.15. The quantitative estimate of drug-likeness (QED) is 0.684. The van der Waals surface area contributed by atoms with Gasteiger partial charge in [-0.05, 0) is 6.92 Å². The number of carbonyl (C=O) groups is 1. The van der Waals surface area contributed by atoms with E-state index >= 15 is 0 Å². The van der Waals surface area contributed by atoms with Gasteiger partial charge in [0, 0.05) is 6.61 Å². The molecule has 0 aliphatic carbocycles. The highest BCUT2D eigenvalue weighted by molar-refractivity contribution is 6.40. The van der Waals surface area contributed by atoms with E-state index in [1.807, 2.05) is 0 Å². The van der Waals surface area contributed by atoms with E-state index in [1.54, 1.807) is 6.92 Å². The van der Waals surface area contributed by atoms with Gasteiger partial charge in [-0.2, -0.15) is 0 Å². The van der Waals surface area contributed by atoms with Crippen LogP contribution in [-0.4, -0.2) is 29.6 Å². The molecule has 0 aromatic heterocycles. The molecule has 5 heteroatoms. The number of hydrogen-bond acceptors (Lipinski definition) is 2. The third kappa shape index (κ3) is 24.5. The van der Waals surface area contributed by atoms with Crippen molar-refractivity contribution in [1.29, 1.82) is 0 Å². The van der Waals surface area contributed by atoms with Crippen LogP contribution in [0.5, 0.6) is 0 Å². The molecule has 0 bridgehead atoms. The van der Waals surface area contributed by atoms with E-state index < -0.39 is 5.97 Å². The molecule has 0 fully saturated rings. The van der Waals surface area contributed by atoms with Crippen LogP contribution in [0.1, 0.15) is 6.92 Å². The minimum Gasteiger partial charge on any atom is -0.480 e. The summed E-state index contributed by atoms with van der Waals surface area (Å²) in [6.45, 7) is 2.03. The summed E-state index contributed by atoms with van der Waals surface area (Å²) in [5.74, 6) is -0.915. The molecule has 0 saturated carbocycles. The number of ether oxygens (including phenoxy) is 1. The SMILES string of the molecule is CCOCC(=O)O.ClCCl. The zero-order chi connectivity index (χ0) is 8.41. The Morgan fingerprint density at radius 3 is 2.10 bits per heavy atom. The molecule has 10 heavy (non-hydrogen) atoms. The lowest BCUT2D eigenvalue weighted by Gasteiger charge is -1.90. The molecule has 0 saturated heterocycles. The second-order valence-corrected chi connectivity index (χ2v) is 1.94. The number of alkyl halides is 2. The predicted molar refractivity (Wildman–Crippen MR) is 40.7 cm³/mol. The van der Waals surface area contributed by atoms with Crippen molar-refractivity contribution >= 4 is 29.2 Å². The van der Waals surface area contributed by atoms with Gasteiger partial charge < -0.3 is 9.84 Å². The van der Waals surface area contributed by atoms with Gasteiger partial charge in [0.1, 0.15) is 6.61 Å². The van der Waals surface area contributed by atoms with Crippen LogP contribution in [0.3, 0.4) is 0 Å². The van der Waals surface area contributed by atoms with E-state index in [2.05, 4.69) is 4.74 Å². The number of carboxylic acids is 1. The molecular weight excluding hydrogens is 179 g/mol. The van der Waals surface area contributed by atoms with Gasteiger partial charge >= 0.3 is 5.97 Å². The highest BCUT2D eigenvalue weighted by atomic mass is 35.5. The van der Waals surface area contributed by atoms with Crippen molar-refractivity contribution in [2.45, 2.75) is 6.92 Å². The van der Waals surface area contributed by atoms with Gasteiger partial charge in [0.15, 0.2) is 0 Å². The van der Waals surface area contributed by atoms with Crippen molar-refractivity contribution < 1.29 is 14.6 Å². The number of carboxylic acid groups (broad SMARTS) is 1. The molecule has 0 aliphatic heterocycles. The van der Waals surface area contributed by atoms with Crippen molar-refractivity contribution in [3.05, 3.63) is 0 Å². The monoisotopic (exact) mass is 188 g/mol. The molecule has 0 spiro atoms. The maximum Gasteiger partial charge on any atom is 0.329 e. The fourth-order valence-electron chi connectivity index (χ4n) is 0.189. The topological polar surface area (TPSA) is 46.5 Å². The van der Waals surface area contributed by atoms with Crippen LogP contribution in [-0.2, 0) is 9.53 Å². The third-order valence-electron chi connectivity index (χ3n) is 0.430. The number of halogens is 2. The molecular formula is C5H10Cl2O3. The standard InChI is InChI=1S/C4H8O3.CH2Cl2/c1-2-7-3-4(5)6;2-1-3/h2-3H2,1H3,(H,5,6);1H2. The summed E-state index contributed by atoms with van der Waals surface area (Å²) >= 11 is 9.53. The van der Waals surface area contributed by atoms with Gasteiger partial charge in [-0.3, -0.25) is 0 Å². The number of aliphatic carboxylic acids is 1. The van der Waals surface area contributed by atoms with Crippen LogP contribution in [0.25, 0.3) is 0 Å². The van der Waals surface area contributed by atoms with Crippen LogP contribution in [0.4, 0.5) is 0 Å². The van der Waals surface area contributed by atoms with Crippen LogP contribution in [0.15, 0.2) is 0 Å². The van der Waals surface area contributed by atoms with Crippen molar-refractivity contribution in [2.24, 2.45) is 0 Å². The number of rotatable bonds is 3. The van der Waals surface area contributed by atoms with Crippen LogP contribution in [0.2, 0.25) is 0 Å². The van der Waals surface area contributed by atoms with E-state index in [9.17, 15) is 4.79 Å². The van der Waals surface area contributed by atoms with Gasteiger partial charge in [0.05, 0.1) is 5.34 Å². The predicted octanol–water partition coefficient (Wildman–Crippen LogP) is 1.53. The molecule has 0 atom stereocenters. The van der Waals surface area contributed by atoms with Crippen LogP contribution < -0.4 is 0 Å². The van der Waals surface area contributed by atoms with Crippen molar-refractivity contribution in [3.63, 3.8) is 0 Å². The molecule has 0 aromatic rings. The summed E-state index contributed by atoms with van der Waals surface area (Å²) in [6, 6.07) is 0. The largest absolute Gasteiger partial charge is 0.480 e. The lowest BCUT2D eigenvalue weighted by molar-refractivity contribution is -0.142. The van der Waals surface area contributed by atoms with Gasteiger partial charge in [-0.1, -0.05) is 0 Å². The summed E-state index contributed by atoms with van der Waals surface area (Å²) in [5.41, 5.74) is 0. The van der Waals surface area contributed by atoms with E-state index in [0.717, 1.165) is 0 Å². The summed E-state index contributed by atoms with van der Waals surface area (Å²) in [5, 5.41) is 8.11. The summed E-state index contributed by atoms with van der Waals surface area (Å²) in [4.78, 5) is 9.63. The Bertz CT molecular complexity index is 77.3. The molecule has 3 nitrogen and oxygen atoms in total. The molecule has 0 aliphatic rings. The van der Waals surface area contributed by atoms with E-state index in [1.165, 1.54) is 0 Å².